The maximum Gasteiger partial charge on any atom is 0.128 e. The molecular formula is C32H36MnN2O2. The summed E-state index contributed by atoms with van der Waals surface area (Å²) in [5.41, 5.74) is 14.9. The van der Waals surface area contributed by atoms with E-state index in [4.69, 9.17) is 9.97 Å². The topological polar surface area (TPSA) is 66.2 Å². The van der Waals surface area contributed by atoms with Crippen LogP contribution in [-0.2, 0) is 17.1 Å². The second kappa shape index (κ2) is 10.3. The van der Waals surface area contributed by atoms with E-state index in [1.807, 2.05) is 79.7 Å². The molecule has 193 valence electrons. The van der Waals surface area contributed by atoms with E-state index >= 15 is 0 Å². The van der Waals surface area contributed by atoms with Gasteiger partial charge in [-0.25, -0.2) is 9.97 Å². The van der Waals surface area contributed by atoms with Crippen LogP contribution in [0.3, 0.4) is 0 Å². The second-order valence-electron chi connectivity index (χ2n) is 10.3. The number of phenolic OH excluding ortho intramolecular Hbond substituents is 2. The van der Waals surface area contributed by atoms with Crippen LogP contribution < -0.4 is 0 Å². The van der Waals surface area contributed by atoms with Crippen LogP contribution in [-0.4, -0.2) is 20.2 Å². The van der Waals surface area contributed by atoms with Crippen molar-refractivity contribution >= 4 is 0 Å². The summed E-state index contributed by atoms with van der Waals surface area (Å²) >= 11 is 0. The van der Waals surface area contributed by atoms with Gasteiger partial charge in [-0.2, -0.15) is 0 Å². The third-order valence-electron chi connectivity index (χ3n) is 8.02. The van der Waals surface area contributed by atoms with Gasteiger partial charge in [-0.1, -0.05) is 0 Å². The molecule has 2 aromatic heterocycles. The monoisotopic (exact) mass is 535 g/mol. The molecule has 0 saturated heterocycles. The molecule has 37 heavy (non-hydrogen) atoms. The average Bonchev–Trinajstić information content (AvgIpc) is 2.83. The van der Waals surface area contributed by atoms with Crippen molar-refractivity contribution < 1.29 is 27.3 Å². The maximum atomic E-state index is 11.1. The van der Waals surface area contributed by atoms with E-state index in [0.29, 0.717) is 0 Å². The summed E-state index contributed by atoms with van der Waals surface area (Å²) in [6.07, 6.45) is 0. The normalized spacial score (nSPS) is 11.0. The number of hydrogen-bond acceptors (Lipinski definition) is 4. The van der Waals surface area contributed by atoms with Gasteiger partial charge in [-0.05, 0) is 149 Å². The fourth-order valence-corrected chi connectivity index (χ4v) is 5.07. The van der Waals surface area contributed by atoms with Crippen molar-refractivity contribution in [3.63, 3.8) is 0 Å². The molecule has 0 unspecified atom stereocenters. The fourth-order valence-electron chi connectivity index (χ4n) is 5.07. The molecule has 0 amide bonds. The Hall–Kier alpha value is -3.14. The van der Waals surface area contributed by atoms with Crippen LogP contribution in [0, 0.1) is 69.2 Å². The molecule has 0 aliphatic carbocycles. The summed E-state index contributed by atoms with van der Waals surface area (Å²) < 4.78 is 0. The smallest absolute Gasteiger partial charge is 0.128 e. The number of nitrogens with zero attached hydrogens (tertiary/aromatic N) is 2. The molecule has 0 saturated carbocycles. The quantitative estimate of drug-likeness (QED) is 0.261. The zero-order valence-electron chi connectivity index (χ0n) is 23.5. The van der Waals surface area contributed by atoms with E-state index in [1.165, 1.54) is 0 Å². The molecule has 0 fully saturated rings. The van der Waals surface area contributed by atoms with Gasteiger partial charge in [0.2, 0.25) is 0 Å². The molecule has 2 heterocycles. The summed E-state index contributed by atoms with van der Waals surface area (Å²) in [5, 5.41) is 22.2. The summed E-state index contributed by atoms with van der Waals surface area (Å²) in [4.78, 5) is 9.99. The third kappa shape index (κ3) is 4.79. The molecule has 0 aliphatic rings. The van der Waals surface area contributed by atoms with E-state index in [-0.39, 0.29) is 28.6 Å². The van der Waals surface area contributed by atoms with Crippen molar-refractivity contribution in [3.8, 4) is 45.4 Å². The van der Waals surface area contributed by atoms with E-state index in [9.17, 15) is 10.2 Å². The third-order valence-corrected chi connectivity index (χ3v) is 8.02. The van der Waals surface area contributed by atoms with E-state index in [0.717, 1.165) is 89.5 Å². The zero-order valence-corrected chi connectivity index (χ0v) is 24.7. The number of rotatable bonds is 3. The minimum absolute atomic E-state index is 0. The average molecular weight is 536 g/mol. The second-order valence-corrected chi connectivity index (χ2v) is 10.3. The summed E-state index contributed by atoms with van der Waals surface area (Å²) in [6.45, 7) is 20.3. The van der Waals surface area contributed by atoms with Crippen LogP contribution in [0.25, 0.3) is 33.9 Å². The number of aromatic nitrogens is 2. The van der Waals surface area contributed by atoms with Crippen LogP contribution in [0.5, 0.6) is 11.5 Å². The predicted molar refractivity (Wildman–Crippen MR) is 149 cm³/mol. The first-order valence-corrected chi connectivity index (χ1v) is 12.4. The van der Waals surface area contributed by atoms with Gasteiger partial charge >= 0.3 is 0 Å². The Kier molecular flexibility index (Phi) is 7.93. The first kappa shape index (κ1) is 28.4. The van der Waals surface area contributed by atoms with Gasteiger partial charge in [0.15, 0.2) is 0 Å². The Labute approximate surface area is 231 Å². The van der Waals surface area contributed by atoms with Crippen molar-refractivity contribution in [2.75, 3.05) is 0 Å². The first-order valence-electron chi connectivity index (χ1n) is 12.4. The zero-order chi connectivity index (χ0) is 26.6. The molecule has 0 aliphatic heterocycles. The Morgan fingerprint density at radius 1 is 0.405 bits per heavy atom. The molecule has 4 aromatic rings. The molecule has 2 aromatic carbocycles. The number of hydrogen-bond donors (Lipinski definition) is 2. The number of phenols is 2. The van der Waals surface area contributed by atoms with Crippen molar-refractivity contribution in [2.45, 2.75) is 69.2 Å². The van der Waals surface area contributed by atoms with Crippen molar-refractivity contribution in [3.05, 3.63) is 79.9 Å². The van der Waals surface area contributed by atoms with Gasteiger partial charge in [0.25, 0.3) is 0 Å². The Bertz CT molecular complexity index is 1380. The molecule has 4 nitrogen and oxygen atoms in total. The number of pyridine rings is 2. The van der Waals surface area contributed by atoms with E-state index in [2.05, 4.69) is 13.8 Å². The van der Waals surface area contributed by atoms with Gasteiger partial charge in [0.05, 0.1) is 22.8 Å². The fraction of sp³-hybridized carbons (Fsp3) is 0.312. The van der Waals surface area contributed by atoms with Crippen LogP contribution in [0.2, 0.25) is 0 Å². The first-order chi connectivity index (χ1) is 16.8. The minimum Gasteiger partial charge on any atom is -0.507 e. The number of benzene rings is 2. The SMILES string of the molecule is Cc1cc(-c2cc(C)cc(-c3c(C)c(C)c(C)c(C)c3O)n2)nc(-c2c(C)c(C)c(C)c(C)c2O)c1.[Mn]. The number of aryl methyl sites for hydroxylation is 2. The van der Waals surface area contributed by atoms with Crippen LogP contribution in [0.15, 0.2) is 24.3 Å². The molecule has 4 rings (SSSR count). The molecular weight excluding hydrogens is 499 g/mol. The van der Waals surface area contributed by atoms with Crippen LogP contribution in [0.1, 0.15) is 55.6 Å². The van der Waals surface area contributed by atoms with Crippen LogP contribution in [0.4, 0.5) is 0 Å². The molecule has 2 N–H and O–H groups in total. The van der Waals surface area contributed by atoms with Crippen molar-refractivity contribution in [1.82, 2.24) is 9.97 Å². The van der Waals surface area contributed by atoms with Gasteiger partial charge in [0, 0.05) is 28.2 Å². The van der Waals surface area contributed by atoms with E-state index < -0.39 is 0 Å². The maximum absolute atomic E-state index is 11.1. The van der Waals surface area contributed by atoms with Gasteiger partial charge in [-0.3, -0.25) is 0 Å². The molecule has 0 atom stereocenters. The van der Waals surface area contributed by atoms with Crippen molar-refractivity contribution in [2.24, 2.45) is 0 Å². The Morgan fingerprint density at radius 3 is 1.00 bits per heavy atom. The molecule has 1 radical (unpaired) electrons. The largest absolute Gasteiger partial charge is 0.507 e. The predicted octanol–water partition coefficient (Wildman–Crippen LogP) is 7.97. The standard InChI is InChI=1S/C32H36N2O2.Mn/c1-15-11-25(33-27(13-15)29-21(7)17(3)19(5)23(9)31(29)35)26-12-16(2)14-28(34-26)30-22(8)18(4)20(6)24(10)32(30)36;/h11-14,35-36H,1-10H3;. The van der Waals surface area contributed by atoms with Gasteiger partial charge in [0.1, 0.15) is 11.5 Å². The Balaban J connectivity index is 0.00000380. The molecule has 0 bridgehead atoms. The molecule has 5 heteroatoms. The number of aromatic hydroxyl groups is 2. The Morgan fingerprint density at radius 2 is 0.676 bits per heavy atom. The van der Waals surface area contributed by atoms with Gasteiger partial charge in [-0.15, -0.1) is 0 Å². The van der Waals surface area contributed by atoms with Gasteiger partial charge < -0.3 is 10.2 Å². The van der Waals surface area contributed by atoms with E-state index in [1.54, 1.807) is 0 Å². The van der Waals surface area contributed by atoms with Crippen LogP contribution >= 0.6 is 0 Å². The summed E-state index contributed by atoms with van der Waals surface area (Å²) in [7, 11) is 0. The van der Waals surface area contributed by atoms with Crippen molar-refractivity contribution in [1.29, 1.82) is 0 Å². The minimum atomic E-state index is 0. The summed E-state index contributed by atoms with van der Waals surface area (Å²) in [6, 6.07) is 8.07. The molecule has 0 spiro atoms. The summed E-state index contributed by atoms with van der Waals surface area (Å²) in [5.74, 6) is 0.562.